The van der Waals surface area contributed by atoms with Crippen molar-refractivity contribution in [3.8, 4) is 28.4 Å². The van der Waals surface area contributed by atoms with Gasteiger partial charge in [-0.25, -0.2) is 0 Å². The molecule has 1 atom stereocenters. The minimum absolute atomic E-state index is 0.319. The number of ether oxygens (including phenoxy) is 2. The molecule has 0 radical (unpaired) electrons. The molecule has 0 amide bonds. The van der Waals surface area contributed by atoms with E-state index in [9.17, 15) is 0 Å². The van der Waals surface area contributed by atoms with E-state index in [0.717, 1.165) is 41.5 Å². The highest BCUT2D eigenvalue weighted by atomic mass is 16.5. The number of rotatable bonds is 6. The Kier molecular flexibility index (Phi) is 5.70. The lowest BCUT2D eigenvalue weighted by atomic mass is 10.0. The predicted octanol–water partition coefficient (Wildman–Crippen LogP) is 6.45. The molecule has 1 aliphatic heterocycles. The lowest BCUT2D eigenvalue weighted by Crippen LogP contribution is -2.39. The Hall–Kier alpha value is -3.50. The van der Waals surface area contributed by atoms with Gasteiger partial charge in [0.25, 0.3) is 0 Å². The monoisotopic (exact) mass is 424 g/mol. The second kappa shape index (κ2) is 8.93. The highest BCUT2D eigenvalue weighted by molar-refractivity contribution is 5.87. The SMILES string of the molecule is COc1ccc(Oc2cc(-c3ccc4ccccc4c3)ccc2N(C)[C@H]2CCCN2)cc1. The van der Waals surface area contributed by atoms with Crippen LogP contribution in [0, 0.1) is 0 Å². The van der Waals surface area contributed by atoms with Crippen LogP contribution in [0.3, 0.4) is 0 Å². The average Bonchev–Trinajstić information content (AvgIpc) is 3.39. The lowest BCUT2D eigenvalue weighted by molar-refractivity contribution is 0.413. The fraction of sp³-hybridized carbons (Fsp3) is 0.214. The number of nitrogens with one attached hydrogen (secondary N) is 1. The van der Waals surface area contributed by atoms with Crippen LogP contribution in [0.2, 0.25) is 0 Å². The predicted molar refractivity (Wildman–Crippen MR) is 132 cm³/mol. The topological polar surface area (TPSA) is 33.7 Å². The molecule has 4 nitrogen and oxygen atoms in total. The van der Waals surface area contributed by atoms with Crippen molar-refractivity contribution in [2.24, 2.45) is 0 Å². The Balaban J connectivity index is 1.54. The van der Waals surface area contributed by atoms with E-state index in [-0.39, 0.29) is 0 Å². The van der Waals surface area contributed by atoms with Crippen LogP contribution in [0.25, 0.3) is 21.9 Å². The smallest absolute Gasteiger partial charge is 0.151 e. The fourth-order valence-electron chi connectivity index (χ4n) is 4.37. The van der Waals surface area contributed by atoms with Gasteiger partial charge in [0, 0.05) is 7.05 Å². The standard InChI is InChI=1S/C28H28N2O2/c1-30(28-8-5-17-29-28)26-16-11-23(22-10-9-20-6-3-4-7-21(20)18-22)19-27(26)32-25-14-12-24(31-2)13-15-25/h3-4,6-7,9-16,18-19,28-29H,5,8,17H2,1-2H3/t28-/m0/s1. The first-order valence-electron chi connectivity index (χ1n) is 11.1. The Morgan fingerprint density at radius 3 is 2.28 bits per heavy atom. The molecule has 0 spiro atoms. The molecule has 1 saturated heterocycles. The fourth-order valence-corrected chi connectivity index (χ4v) is 4.37. The van der Waals surface area contributed by atoms with Crippen LogP contribution in [-0.4, -0.2) is 26.9 Å². The molecule has 0 saturated carbocycles. The number of anilines is 1. The van der Waals surface area contributed by atoms with Gasteiger partial charge >= 0.3 is 0 Å². The maximum Gasteiger partial charge on any atom is 0.151 e. The van der Waals surface area contributed by atoms with E-state index >= 15 is 0 Å². The summed E-state index contributed by atoms with van der Waals surface area (Å²) in [7, 11) is 3.81. The molecule has 4 aromatic carbocycles. The van der Waals surface area contributed by atoms with Crippen molar-refractivity contribution in [1.29, 1.82) is 0 Å². The van der Waals surface area contributed by atoms with Gasteiger partial charge in [-0.15, -0.1) is 0 Å². The van der Waals surface area contributed by atoms with E-state index < -0.39 is 0 Å². The number of fused-ring (bicyclic) bond motifs is 1. The van der Waals surface area contributed by atoms with E-state index in [2.05, 4.69) is 77.9 Å². The van der Waals surface area contributed by atoms with Gasteiger partial charge in [-0.3, -0.25) is 5.32 Å². The van der Waals surface area contributed by atoms with Gasteiger partial charge in [-0.05, 0) is 83.8 Å². The van der Waals surface area contributed by atoms with Crippen LogP contribution in [0.5, 0.6) is 17.2 Å². The van der Waals surface area contributed by atoms with Gasteiger partial charge in [0.15, 0.2) is 5.75 Å². The molecular formula is C28H28N2O2. The summed E-state index contributed by atoms with van der Waals surface area (Å²) < 4.78 is 11.7. The molecule has 1 aliphatic rings. The summed E-state index contributed by atoms with van der Waals surface area (Å²) in [6.45, 7) is 1.05. The summed E-state index contributed by atoms with van der Waals surface area (Å²) in [5, 5.41) is 6.06. The minimum atomic E-state index is 0.319. The van der Waals surface area contributed by atoms with Crippen LogP contribution < -0.4 is 19.7 Å². The summed E-state index contributed by atoms with van der Waals surface area (Å²) in [5.41, 5.74) is 3.39. The Bertz CT molecular complexity index is 1210. The van der Waals surface area contributed by atoms with Crippen LogP contribution in [0.15, 0.2) is 84.9 Å². The first-order valence-corrected chi connectivity index (χ1v) is 11.1. The van der Waals surface area contributed by atoms with Crippen molar-refractivity contribution in [3.05, 3.63) is 84.9 Å². The summed E-state index contributed by atoms with van der Waals surface area (Å²) in [6.07, 6.45) is 2.64. The van der Waals surface area contributed by atoms with Crippen LogP contribution in [0.4, 0.5) is 5.69 Å². The van der Waals surface area contributed by atoms with E-state index in [1.807, 2.05) is 24.3 Å². The molecule has 1 fully saturated rings. The Morgan fingerprint density at radius 2 is 1.53 bits per heavy atom. The van der Waals surface area contributed by atoms with Crippen molar-refractivity contribution in [2.75, 3.05) is 25.6 Å². The third kappa shape index (κ3) is 4.14. The third-order valence-electron chi connectivity index (χ3n) is 6.21. The normalized spacial score (nSPS) is 15.6. The lowest BCUT2D eigenvalue weighted by Gasteiger charge is -2.29. The largest absolute Gasteiger partial charge is 0.497 e. The molecule has 0 aliphatic carbocycles. The van der Waals surface area contributed by atoms with E-state index in [1.54, 1.807) is 7.11 Å². The maximum atomic E-state index is 6.41. The first-order chi connectivity index (χ1) is 15.7. The van der Waals surface area contributed by atoms with Gasteiger partial charge in [-0.1, -0.05) is 42.5 Å². The molecule has 0 unspecified atom stereocenters. The van der Waals surface area contributed by atoms with E-state index in [0.29, 0.717) is 6.17 Å². The number of hydrogen-bond donors (Lipinski definition) is 1. The summed E-state index contributed by atoms with van der Waals surface area (Å²) in [6, 6.07) is 29.3. The zero-order chi connectivity index (χ0) is 21.9. The highest BCUT2D eigenvalue weighted by Crippen LogP contribution is 2.38. The molecule has 1 heterocycles. The van der Waals surface area contributed by atoms with Crippen molar-refractivity contribution < 1.29 is 9.47 Å². The van der Waals surface area contributed by atoms with Gasteiger partial charge in [-0.2, -0.15) is 0 Å². The molecule has 5 rings (SSSR count). The van der Waals surface area contributed by atoms with Gasteiger partial charge in [0.1, 0.15) is 11.5 Å². The summed E-state index contributed by atoms with van der Waals surface area (Å²) in [5.74, 6) is 2.45. The van der Waals surface area contributed by atoms with Crippen molar-refractivity contribution in [1.82, 2.24) is 5.32 Å². The van der Waals surface area contributed by atoms with Crippen molar-refractivity contribution in [3.63, 3.8) is 0 Å². The molecule has 0 bridgehead atoms. The summed E-state index contributed by atoms with van der Waals surface area (Å²) in [4.78, 5) is 2.29. The number of nitrogens with zero attached hydrogens (tertiary/aromatic N) is 1. The molecule has 4 aromatic rings. The van der Waals surface area contributed by atoms with E-state index in [1.165, 1.54) is 22.8 Å². The second-order valence-electron chi connectivity index (χ2n) is 8.25. The number of methoxy groups -OCH3 is 1. The molecule has 32 heavy (non-hydrogen) atoms. The van der Waals surface area contributed by atoms with Crippen molar-refractivity contribution >= 4 is 16.5 Å². The molecular weight excluding hydrogens is 396 g/mol. The first kappa shape index (κ1) is 20.4. The molecule has 0 aromatic heterocycles. The summed E-state index contributed by atoms with van der Waals surface area (Å²) >= 11 is 0. The Labute approximate surface area is 189 Å². The van der Waals surface area contributed by atoms with Crippen LogP contribution >= 0.6 is 0 Å². The second-order valence-corrected chi connectivity index (χ2v) is 8.25. The highest BCUT2D eigenvalue weighted by Gasteiger charge is 2.22. The zero-order valence-corrected chi connectivity index (χ0v) is 18.5. The average molecular weight is 425 g/mol. The molecule has 1 N–H and O–H groups in total. The quantitative estimate of drug-likeness (QED) is 0.385. The molecule has 162 valence electrons. The van der Waals surface area contributed by atoms with Crippen LogP contribution in [0.1, 0.15) is 12.8 Å². The van der Waals surface area contributed by atoms with Gasteiger partial charge in [0.2, 0.25) is 0 Å². The van der Waals surface area contributed by atoms with Gasteiger partial charge in [0.05, 0.1) is 19.0 Å². The number of hydrogen-bond acceptors (Lipinski definition) is 4. The van der Waals surface area contributed by atoms with E-state index in [4.69, 9.17) is 9.47 Å². The molecule has 4 heteroatoms. The minimum Gasteiger partial charge on any atom is -0.497 e. The number of benzene rings is 4. The third-order valence-corrected chi connectivity index (χ3v) is 6.21. The van der Waals surface area contributed by atoms with Gasteiger partial charge < -0.3 is 14.4 Å². The van der Waals surface area contributed by atoms with Crippen molar-refractivity contribution in [2.45, 2.75) is 19.0 Å². The van der Waals surface area contributed by atoms with Crippen LogP contribution in [-0.2, 0) is 0 Å². The maximum absolute atomic E-state index is 6.41. The zero-order valence-electron chi connectivity index (χ0n) is 18.5. The Morgan fingerprint density at radius 1 is 0.812 bits per heavy atom.